The lowest BCUT2D eigenvalue weighted by Gasteiger charge is -2.26. The van der Waals surface area contributed by atoms with Crippen molar-refractivity contribution >= 4 is 28.3 Å². The summed E-state index contributed by atoms with van der Waals surface area (Å²) in [5.41, 5.74) is 0.694. The van der Waals surface area contributed by atoms with Crippen LogP contribution in [0.1, 0.15) is 12.8 Å². The molecule has 0 radical (unpaired) electrons. The van der Waals surface area contributed by atoms with Gasteiger partial charge in [0.25, 0.3) is 0 Å². The molecule has 1 saturated heterocycles. The first-order valence-corrected chi connectivity index (χ1v) is 9.67. The number of morpholine rings is 1. The van der Waals surface area contributed by atoms with Gasteiger partial charge in [-0.3, -0.25) is 14.5 Å². The maximum atomic E-state index is 12.4. The van der Waals surface area contributed by atoms with Crippen LogP contribution in [0, 0.1) is 0 Å². The van der Waals surface area contributed by atoms with Crippen molar-refractivity contribution in [3.63, 3.8) is 0 Å². The standard InChI is InChI=1S/C21H27N3O4/c25-20(23-18-8-3-6-16-5-1-2-7-17(16)18)15-19(21(26)27)22-9-4-10-24-11-13-28-14-12-24/h1-3,5-8,19,22H,4,9-15H2,(H,23,25)(H,26,27)/t19-/m1/s1. The Labute approximate surface area is 164 Å². The molecule has 3 N–H and O–H groups in total. The third kappa shape index (κ3) is 5.76. The molecule has 0 unspecified atom stereocenters. The van der Waals surface area contributed by atoms with E-state index in [1.165, 1.54) is 0 Å². The number of carbonyl (C=O) groups is 2. The number of hydrogen-bond donors (Lipinski definition) is 3. The number of anilines is 1. The van der Waals surface area contributed by atoms with Gasteiger partial charge in [-0.25, -0.2) is 0 Å². The van der Waals surface area contributed by atoms with E-state index in [-0.39, 0.29) is 12.3 Å². The Balaban J connectivity index is 1.49. The predicted molar refractivity (Wildman–Crippen MR) is 108 cm³/mol. The number of ether oxygens (including phenoxy) is 1. The van der Waals surface area contributed by atoms with Crippen molar-refractivity contribution in [1.29, 1.82) is 0 Å². The Hall–Kier alpha value is -2.48. The molecule has 0 saturated carbocycles. The Bertz CT molecular complexity index is 800. The minimum atomic E-state index is -1.01. The molecule has 0 spiro atoms. The largest absolute Gasteiger partial charge is 0.480 e. The van der Waals surface area contributed by atoms with Crippen LogP contribution < -0.4 is 10.6 Å². The summed E-state index contributed by atoms with van der Waals surface area (Å²) < 4.78 is 5.32. The van der Waals surface area contributed by atoms with Crippen molar-refractivity contribution < 1.29 is 19.4 Å². The van der Waals surface area contributed by atoms with Gasteiger partial charge in [0.15, 0.2) is 0 Å². The molecule has 0 aliphatic carbocycles. The summed E-state index contributed by atoms with van der Waals surface area (Å²) >= 11 is 0. The van der Waals surface area contributed by atoms with Gasteiger partial charge < -0.3 is 20.5 Å². The topological polar surface area (TPSA) is 90.9 Å². The third-order valence-electron chi connectivity index (χ3n) is 4.90. The molecule has 1 atom stereocenters. The summed E-state index contributed by atoms with van der Waals surface area (Å²) in [6.07, 6.45) is 0.713. The molecule has 2 aromatic carbocycles. The van der Waals surface area contributed by atoms with E-state index in [0.29, 0.717) is 12.2 Å². The minimum Gasteiger partial charge on any atom is -0.480 e. The molecule has 0 aromatic heterocycles. The van der Waals surface area contributed by atoms with Crippen LogP contribution in [0.25, 0.3) is 10.8 Å². The molecule has 0 bridgehead atoms. The number of rotatable bonds is 9. The monoisotopic (exact) mass is 385 g/mol. The predicted octanol–water partition coefficient (Wildman–Crippen LogP) is 1.93. The molecule has 3 rings (SSSR count). The van der Waals surface area contributed by atoms with E-state index < -0.39 is 12.0 Å². The van der Waals surface area contributed by atoms with E-state index >= 15 is 0 Å². The number of carboxylic acid groups (broad SMARTS) is 1. The quantitative estimate of drug-likeness (QED) is 0.572. The number of fused-ring (bicyclic) bond motifs is 1. The molecule has 1 fully saturated rings. The smallest absolute Gasteiger partial charge is 0.321 e. The van der Waals surface area contributed by atoms with Crippen molar-refractivity contribution in [1.82, 2.24) is 10.2 Å². The van der Waals surface area contributed by atoms with Gasteiger partial charge in [0.2, 0.25) is 5.91 Å². The van der Waals surface area contributed by atoms with Crippen LogP contribution in [0.15, 0.2) is 42.5 Å². The zero-order valence-corrected chi connectivity index (χ0v) is 15.9. The molecular weight excluding hydrogens is 358 g/mol. The molecule has 1 aliphatic rings. The second kappa shape index (κ2) is 10.2. The molecule has 1 aliphatic heterocycles. The SMILES string of the molecule is O=C(C[C@@H](NCCCN1CCOCC1)C(=O)O)Nc1cccc2ccccc12. The van der Waals surface area contributed by atoms with E-state index in [2.05, 4.69) is 15.5 Å². The lowest BCUT2D eigenvalue weighted by molar-refractivity contribution is -0.141. The van der Waals surface area contributed by atoms with Crippen LogP contribution in [0.5, 0.6) is 0 Å². The Kier molecular flexibility index (Phi) is 7.36. The van der Waals surface area contributed by atoms with Crippen molar-refractivity contribution in [2.24, 2.45) is 0 Å². The molecule has 28 heavy (non-hydrogen) atoms. The van der Waals surface area contributed by atoms with Crippen molar-refractivity contribution in [2.75, 3.05) is 44.7 Å². The summed E-state index contributed by atoms with van der Waals surface area (Å²) in [6, 6.07) is 12.5. The van der Waals surface area contributed by atoms with Crippen molar-refractivity contribution in [2.45, 2.75) is 18.9 Å². The molecule has 7 nitrogen and oxygen atoms in total. The molecule has 150 valence electrons. The fourth-order valence-corrected chi connectivity index (χ4v) is 3.37. The molecule has 2 aromatic rings. The molecule has 1 amide bonds. The van der Waals surface area contributed by atoms with Crippen LogP contribution in [0.2, 0.25) is 0 Å². The van der Waals surface area contributed by atoms with Gasteiger partial charge in [0, 0.05) is 24.2 Å². The van der Waals surface area contributed by atoms with E-state index in [4.69, 9.17) is 4.74 Å². The molecule has 7 heteroatoms. The van der Waals surface area contributed by atoms with Crippen LogP contribution in [-0.4, -0.2) is 67.3 Å². The van der Waals surface area contributed by atoms with Gasteiger partial charge in [-0.1, -0.05) is 36.4 Å². The number of carbonyl (C=O) groups excluding carboxylic acids is 1. The number of amides is 1. The van der Waals surface area contributed by atoms with Crippen LogP contribution in [-0.2, 0) is 14.3 Å². The van der Waals surface area contributed by atoms with E-state index in [0.717, 1.165) is 50.0 Å². The number of nitrogens with zero attached hydrogens (tertiary/aromatic N) is 1. The Morgan fingerprint density at radius 3 is 2.64 bits per heavy atom. The van der Waals surface area contributed by atoms with Crippen LogP contribution in [0.4, 0.5) is 5.69 Å². The molecular formula is C21H27N3O4. The van der Waals surface area contributed by atoms with Gasteiger partial charge in [0.1, 0.15) is 6.04 Å². The second-order valence-electron chi connectivity index (χ2n) is 6.93. The lowest BCUT2D eigenvalue weighted by atomic mass is 10.1. The fourth-order valence-electron chi connectivity index (χ4n) is 3.37. The van der Waals surface area contributed by atoms with Crippen LogP contribution >= 0.6 is 0 Å². The Morgan fingerprint density at radius 2 is 1.86 bits per heavy atom. The van der Waals surface area contributed by atoms with E-state index in [1.807, 2.05) is 42.5 Å². The first-order valence-electron chi connectivity index (χ1n) is 9.67. The van der Waals surface area contributed by atoms with E-state index in [1.54, 1.807) is 0 Å². The molecule has 1 heterocycles. The van der Waals surface area contributed by atoms with Gasteiger partial charge in [0.05, 0.1) is 19.6 Å². The fraction of sp³-hybridized carbons (Fsp3) is 0.429. The number of carboxylic acids is 1. The maximum Gasteiger partial charge on any atom is 0.321 e. The van der Waals surface area contributed by atoms with Gasteiger partial charge in [-0.05, 0) is 31.0 Å². The highest BCUT2D eigenvalue weighted by atomic mass is 16.5. The normalized spacial score (nSPS) is 16.0. The first-order chi connectivity index (χ1) is 13.6. The zero-order chi connectivity index (χ0) is 19.8. The summed E-state index contributed by atoms with van der Waals surface area (Å²) in [4.78, 5) is 26.2. The third-order valence-corrected chi connectivity index (χ3v) is 4.90. The average Bonchev–Trinajstić information content (AvgIpc) is 2.71. The first kappa shape index (κ1) is 20.3. The second-order valence-corrected chi connectivity index (χ2v) is 6.93. The van der Waals surface area contributed by atoms with Crippen molar-refractivity contribution in [3.8, 4) is 0 Å². The Morgan fingerprint density at radius 1 is 1.11 bits per heavy atom. The summed E-state index contributed by atoms with van der Waals surface area (Å²) in [5.74, 6) is -1.33. The summed E-state index contributed by atoms with van der Waals surface area (Å²) in [6.45, 7) is 4.77. The maximum absolute atomic E-state index is 12.4. The summed E-state index contributed by atoms with van der Waals surface area (Å²) in [5, 5.41) is 17.2. The van der Waals surface area contributed by atoms with Crippen LogP contribution in [0.3, 0.4) is 0 Å². The highest BCUT2D eigenvalue weighted by molar-refractivity contribution is 6.03. The lowest BCUT2D eigenvalue weighted by Crippen LogP contribution is -2.42. The minimum absolute atomic E-state index is 0.115. The zero-order valence-electron chi connectivity index (χ0n) is 15.9. The number of benzene rings is 2. The number of hydrogen-bond acceptors (Lipinski definition) is 5. The number of aliphatic carboxylic acids is 1. The van der Waals surface area contributed by atoms with E-state index in [9.17, 15) is 14.7 Å². The van der Waals surface area contributed by atoms with Crippen molar-refractivity contribution in [3.05, 3.63) is 42.5 Å². The highest BCUT2D eigenvalue weighted by Gasteiger charge is 2.21. The van der Waals surface area contributed by atoms with Gasteiger partial charge in [-0.15, -0.1) is 0 Å². The average molecular weight is 385 g/mol. The summed E-state index contributed by atoms with van der Waals surface area (Å²) in [7, 11) is 0. The van der Waals surface area contributed by atoms with Gasteiger partial charge >= 0.3 is 5.97 Å². The highest BCUT2D eigenvalue weighted by Crippen LogP contribution is 2.23. The number of nitrogens with one attached hydrogen (secondary N) is 2. The van der Waals surface area contributed by atoms with Gasteiger partial charge in [-0.2, -0.15) is 0 Å².